The first-order valence-corrected chi connectivity index (χ1v) is 7.02. The number of hydrogen-bond donors (Lipinski definition) is 0. The lowest BCUT2D eigenvalue weighted by Crippen LogP contribution is -2.08. The van der Waals surface area contributed by atoms with Gasteiger partial charge in [-0.25, -0.2) is 8.78 Å². The van der Waals surface area contributed by atoms with Gasteiger partial charge in [0, 0.05) is 22.3 Å². The van der Waals surface area contributed by atoms with E-state index >= 15 is 0 Å². The van der Waals surface area contributed by atoms with Gasteiger partial charge in [0.15, 0.2) is 0 Å². The number of carbonyl (C=O) groups excluding carboxylic acids is 1. The van der Waals surface area contributed by atoms with Crippen LogP contribution in [0.2, 0.25) is 5.02 Å². The zero-order valence-electron chi connectivity index (χ0n) is 10.3. The van der Waals surface area contributed by atoms with Crippen LogP contribution in [0.15, 0.2) is 40.9 Å². The molecule has 20 heavy (non-hydrogen) atoms. The maximum atomic E-state index is 13.6. The van der Waals surface area contributed by atoms with Crippen LogP contribution < -0.4 is 0 Å². The molecular weight excluding hydrogens is 350 g/mol. The lowest BCUT2D eigenvalue weighted by Gasteiger charge is -2.05. The number of ketones is 1. The topological polar surface area (TPSA) is 17.1 Å². The van der Waals surface area contributed by atoms with Crippen molar-refractivity contribution in [2.75, 3.05) is 0 Å². The van der Waals surface area contributed by atoms with Gasteiger partial charge in [-0.15, -0.1) is 0 Å². The lowest BCUT2D eigenvalue weighted by molar-refractivity contribution is -0.117. The predicted octanol–water partition coefficient (Wildman–Crippen LogP) is 4.74. The molecule has 0 fully saturated rings. The third-order valence-electron chi connectivity index (χ3n) is 2.81. The maximum absolute atomic E-state index is 13.6. The van der Waals surface area contributed by atoms with Crippen molar-refractivity contribution in [1.82, 2.24) is 0 Å². The summed E-state index contributed by atoms with van der Waals surface area (Å²) in [6.45, 7) is 0. The summed E-state index contributed by atoms with van der Waals surface area (Å²) in [6, 6.07) is 8.42. The summed E-state index contributed by atoms with van der Waals surface area (Å²) in [5, 5.41) is 0.203. The minimum atomic E-state index is -0.454. The Morgan fingerprint density at radius 3 is 2.35 bits per heavy atom. The van der Waals surface area contributed by atoms with E-state index in [0.717, 1.165) is 6.07 Å². The van der Waals surface area contributed by atoms with Gasteiger partial charge in [-0.2, -0.15) is 0 Å². The van der Waals surface area contributed by atoms with Crippen LogP contribution in [0, 0.1) is 11.6 Å². The third-order valence-corrected chi connectivity index (χ3v) is 3.65. The number of Topliss-reactive ketones (excluding diaryl/α,β-unsaturated/α-hetero) is 1. The monoisotopic (exact) mass is 358 g/mol. The SMILES string of the molecule is O=C(Cc1ccc(Br)cc1F)Cc1ccc(F)cc1Cl. The van der Waals surface area contributed by atoms with Crippen LogP contribution in [0.5, 0.6) is 0 Å². The highest BCUT2D eigenvalue weighted by Crippen LogP contribution is 2.20. The first-order chi connectivity index (χ1) is 9.45. The standard InChI is InChI=1S/C15H10BrClF2O/c16-11-3-1-10(15(19)7-11)6-13(20)5-9-2-4-12(18)8-14(9)17/h1-4,7-8H,5-6H2. The van der Waals surface area contributed by atoms with Gasteiger partial charge in [0.05, 0.1) is 0 Å². The number of rotatable bonds is 4. The van der Waals surface area contributed by atoms with Crippen molar-refractivity contribution in [3.8, 4) is 0 Å². The highest BCUT2D eigenvalue weighted by atomic mass is 79.9. The minimum absolute atomic E-state index is 0.0210. The second-order valence-corrected chi connectivity index (χ2v) is 5.69. The molecule has 0 unspecified atom stereocenters. The Labute approximate surface area is 128 Å². The summed E-state index contributed by atoms with van der Waals surface area (Å²) < 4.78 is 27.1. The molecule has 104 valence electrons. The fourth-order valence-corrected chi connectivity index (χ4v) is 2.38. The van der Waals surface area contributed by atoms with Crippen LogP contribution in [0.1, 0.15) is 11.1 Å². The number of carbonyl (C=O) groups is 1. The molecule has 0 saturated carbocycles. The molecule has 0 bridgehead atoms. The molecule has 2 rings (SSSR count). The van der Waals surface area contributed by atoms with Crippen LogP contribution in [0.3, 0.4) is 0 Å². The van der Waals surface area contributed by atoms with E-state index in [-0.39, 0.29) is 23.6 Å². The maximum Gasteiger partial charge on any atom is 0.141 e. The molecule has 0 saturated heterocycles. The van der Waals surface area contributed by atoms with Gasteiger partial charge in [0.2, 0.25) is 0 Å². The Morgan fingerprint density at radius 2 is 1.70 bits per heavy atom. The molecule has 1 nitrogen and oxygen atoms in total. The second-order valence-electron chi connectivity index (χ2n) is 4.36. The average molecular weight is 360 g/mol. The summed E-state index contributed by atoms with van der Waals surface area (Å²) in [4.78, 5) is 11.9. The Hall–Kier alpha value is -1.26. The van der Waals surface area contributed by atoms with E-state index in [2.05, 4.69) is 15.9 Å². The molecule has 2 aromatic rings. The number of hydrogen-bond acceptors (Lipinski definition) is 1. The Kier molecular flexibility index (Phi) is 4.89. The Balaban J connectivity index is 2.09. The largest absolute Gasteiger partial charge is 0.299 e. The molecule has 0 aliphatic carbocycles. The molecule has 0 aliphatic heterocycles. The third kappa shape index (κ3) is 3.87. The number of benzene rings is 2. The summed E-state index contributed by atoms with van der Waals surface area (Å²) >= 11 is 9.01. The summed E-state index contributed by atoms with van der Waals surface area (Å²) in [5.41, 5.74) is 0.868. The minimum Gasteiger partial charge on any atom is -0.299 e. The second kappa shape index (κ2) is 6.46. The van der Waals surface area contributed by atoms with Gasteiger partial charge < -0.3 is 0 Å². The van der Waals surface area contributed by atoms with E-state index in [0.29, 0.717) is 15.6 Å². The fraction of sp³-hybridized carbons (Fsp3) is 0.133. The quantitative estimate of drug-likeness (QED) is 0.771. The van der Waals surface area contributed by atoms with Crippen molar-refractivity contribution < 1.29 is 13.6 Å². The van der Waals surface area contributed by atoms with Crippen molar-refractivity contribution in [1.29, 1.82) is 0 Å². The molecule has 0 atom stereocenters. The van der Waals surface area contributed by atoms with Gasteiger partial charge in [-0.3, -0.25) is 4.79 Å². The molecule has 0 heterocycles. The van der Waals surface area contributed by atoms with Crippen LogP contribution in [-0.2, 0) is 17.6 Å². The molecule has 0 spiro atoms. The van der Waals surface area contributed by atoms with Crippen LogP contribution >= 0.6 is 27.5 Å². The van der Waals surface area contributed by atoms with Crippen LogP contribution in [0.25, 0.3) is 0 Å². The highest BCUT2D eigenvalue weighted by molar-refractivity contribution is 9.10. The predicted molar refractivity (Wildman–Crippen MR) is 77.9 cm³/mol. The van der Waals surface area contributed by atoms with Crippen molar-refractivity contribution in [2.24, 2.45) is 0 Å². The first kappa shape index (κ1) is 15.1. The molecule has 0 aromatic heterocycles. The van der Waals surface area contributed by atoms with Crippen molar-refractivity contribution >= 4 is 33.3 Å². The van der Waals surface area contributed by atoms with E-state index < -0.39 is 11.6 Å². The summed E-state index contributed by atoms with van der Waals surface area (Å²) in [5.74, 6) is -1.07. The van der Waals surface area contributed by atoms with Crippen molar-refractivity contribution in [3.63, 3.8) is 0 Å². The van der Waals surface area contributed by atoms with E-state index in [1.54, 1.807) is 12.1 Å². The summed E-state index contributed by atoms with van der Waals surface area (Å²) in [7, 11) is 0. The normalized spacial score (nSPS) is 10.6. The average Bonchev–Trinajstić information content (AvgIpc) is 2.36. The van der Waals surface area contributed by atoms with Crippen molar-refractivity contribution in [2.45, 2.75) is 12.8 Å². The van der Waals surface area contributed by atoms with Gasteiger partial charge >= 0.3 is 0 Å². The van der Waals surface area contributed by atoms with Gasteiger partial charge in [-0.05, 0) is 35.4 Å². The fourth-order valence-electron chi connectivity index (χ4n) is 1.82. The molecule has 0 aliphatic rings. The van der Waals surface area contributed by atoms with Gasteiger partial charge in [0.25, 0.3) is 0 Å². The molecule has 2 aromatic carbocycles. The van der Waals surface area contributed by atoms with E-state index in [9.17, 15) is 13.6 Å². The van der Waals surface area contributed by atoms with E-state index in [1.807, 2.05) is 0 Å². The molecule has 0 radical (unpaired) electrons. The Bertz CT molecular complexity index is 603. The zero-order valence-corrected chi connectivity index (χ0v) is 12.6. The zero-order chi connectivity index (χ0) is 14.7. The van der Waals surface area contributed by atoms with E-state index in [1.165, 1.54) is 18.2 Å². The smallest absolute Gasteiger partial charge is 0.141 e. The lowest BCUT2D eigenvalue weighted by atomic mass is 10.0. The van der Waals surface area contributed by atoms with Crippen LogP contribution in [0.4, 0.5) is 8.78 Å². The molecule has 0 amide bonds. The van der Waals surface area contributed by atoms with Crippen LogP contribution in [-0.4, -0.2) is 5.78 Å². The van der Waals surface area contributed by atoms with Gasteiger partial charge in [0.1, 0.15) is 17.4 Å². The Morgan fingerprint density at radius 1 is 1.05 bits per heavy atom. The van der Waals surface area contributed by atoms with E-state index in [4.69, 9.17) is 11.6 Å². The summed E-state index contributed by atoms with van der Waals surface area (Å²) in [6.07, 6.45) is 0.0292. The molecule has 0 N–H and O–H groups in total. The van der Waals surface area contributed by atoms with Crippen molar-refractivity contribution in [3.05, 3.63) is 68.7 Å². The number of halogens is 4. The van der Waals surface area contributed by atoms with Gasteiger partial charge in [-0.1, -0.05) is 39.7 Å². The highest BCUT2D eigenvalue weighted by Gasteiger charge is 2.11. The molecular formula is C15H10BrClF2O. The first-order valence-electron chi connectivity index (χ1n) is 5.85. The molecule has 5 heteroatoms.